The van der Waals surface area contributed by atoms with Crippen molar-refractivity contribution in [3.05, 3.63) is 24.3 Å². The molecule has 2 saturated heterocycles. The molecule has 1 unspecified atom stereocenters. The number of nitrogens with one attached hydrogen (secondary N) is 1. The number of amides is 1. The SMILES string of the molecule is CC(Nc1ccc(OCC2CCOCC2)cc1)C(=O)N1CCCC1. The van der Waals surface area contributed by atoms with E-state index in [4.69, 9.17) is 9.47 Å². The number of hydrogen-bond donors (Lipinski definition) is 1. The molecule has 2 aliphatic rings. The molecule has 5 heteroatoms. The summed E-state index contributed by atoms with van der Waals surface area (Å²) in [4.78, 5) is 14.3. The van der Waals surface area contributed by atoms with Crippen molar-refractivity contribution in [1.29, 1.82) is 0 Å². The van der Waals surface area contributed by atoms with Crippen LogP contribution in [0.2, 0.25) is 0 Å². The first-order chi connectivity index (χ1) is 11.7. The van der Waals surface area contributed by atoms with Crippen LogP contribution in [0.25, 0.3) is 0 Å². The molecule has 0 radical (unpaired) electrons. The zero-order valence-electron chi connectivity index (χ0n) is 14.5. The molecule has 0 bridgehead atoms. The van der Waals surface area contributed by atoms with Gasteiger partial charge in [0, 0.05) is 32.0 Å². The maximum Gasteiger partial charge on any atom is 0.244 e. The van der Waals surface area contributed by atoms with E-state index >= 15 is 0 Å². The standard InChI is InChI=1S/C19H28N2O3/c1-15(19(22)21-10-2-3-11-21)20-17-4-6-18(7-5-17)24-14-16-8-12-23-13-9-16/h4-7,15-16,20H,2-3,8-14H2,1H3. The summed E-state index contributed by atoms with van der Waals surface area (Å²) < 4.78 is 11.2. The third-order valence-electron chi connectivity index (χ3n) is 4.85. The molecule has 0 saturated carbocycles. The Morgan fingerprint density at radius 3 is 2.58 bits per heavy atom. The van der Waals surface area contributed by atoms with E-state index in [0.29, 0.717) is 5.92 Å². The van der Waals surface area contributed by atoms with E-state index in [1.165, 1.54) is 0 Å². The zero-order chi connectivity index (χ0) is 16.8. The quantitative estimate of drug-likeness (QED) is 0.870. The maximum absolute atomic E-state index is 12.3. The predicted octanol–water partition coefficient (Wildman–Crippen LogP) is 2.91. The molecular weight excluding hydrogens is 304 g/mol. The van der Waals surface area contributed by atoms with E-state index in [0.717, 1.165) is 70.0 Å². The Morgan fingerprint density at radius 1 is 1.25 bits per heavy atom. The lowest BCUT2D eigenvalue weighted by Gasteiger charge is -2.23. The Bertz CT molecular complexity index is 520. The van der Waals surface area contributed by atoms with Crippen LogP contribution in [0, 0.1) is 5.92 Å². The number of rotatable bonds is 6. The van der Waals surface area contributed by atoms with Crippen molar-refractivity contribution >= 4 is 11.6 Å². The third kappa shape index (κ3) is 4.63. The van der Waals surface area contributed by atoms with E-state index in [2.05, 4.69) is 5.32 Å². The van der Waals surface area contributed by atoms with Crippen molar-refractivity contribution in [3.63, 3.8) is 0 Å². The van der Waals surface area contributed by atoms with Gasteiger partial charge in [-0.25, -0.2) is 0 Å². The smallest absolute Gasteiger partial charge is 0.244 e. The fourth-order valence-electron chi connectivity index (χ4n) is 3.30. The number of hydrogen-bond acceptors (Lipinski definition) is 4. The normalized spacial score (nSPS) is 20.0. The van der Waals surface area contributed by atoms with E-state index in [1.807, 2.05) is 36.1 Å². The van der Waals surface area contributed by atoms with Crippen molar-refractivity contribution in [3.8, 4) is 5.75 Å². The fraction of sp³-hybridized carbons (Fsp3) is 0.632. The topological polar surface area (TPSA) is 50.8 Å². The number of nitrogens with zero attached hydrogens (tertiary/aromatic N) is 1. The fourth-order valence-corrected chi connectivity index (χ4v) is 3.30. The summed E-state index contributed by atoms with van der Waals surface area (Å²) in [6, 6.07) is 7.70. The van der Waals surface area contributed by atoms with Crippen molar-refractivity contribution in [1.82, 2.24) is 4.90 Å². The number of likely N-dealkylation sites (tertiary alicyclic amines) is 1. The van der Waals surface area contributed by atoms with Gasteiger partial charge in [0.25, 0.3) is 0 Å². The number of benzene rings is 1. The minimum absolute atomic E-state index is 0.187. The van der Waals surface area contributed by atoms with Crippen LogP contribution < -0.4 is 10.1 Å². The Hall–Kier alpha value is -1.75. The van der Waals surface area contributed by atoms with Crippen molar-refractivity contribution in [2.24, 2.45) is 5.92 Å². The van der Waals surface area contributed by atoms with E-state index in [-0.39, 0.29) is 11.9 Å². The summed E-state index contributed by atoms with van der Waals surface area (Å²) in [5, 5.41) is 3.29. The molecule has 0 aromatic heterocycles. The molecular formula is C19H28N2O3. The molecule has 5 nitrogen and oxygen atoms in total. The summed E-state index contributed by atoms with van der Waals surface area (Å²) in [6.07, 6.45) is 4.40. The van der Waals surface area contributed by atoms with Crippen LogP contribution in [0.5, 0.6) is 5.75 Å². The molecule has 1 amide bonds. The highest BCUT2D eigenvalue weighted by atomic mass is 16.5. The highest BCUT2D eigenvalue weighted by Crippen LogP contribution is 2.20. The second kappa shape index (κ2) is 8.38. The maximum atomic E-state index is 12.3. The minimum Gasteiger partial charge on any atom is -0.493 e. The molecule has 2 aliphatic heterocycles. The molecule has 24 heavy (non-hydrogen) atoms. The van der Waals surface area contributed by atoms with Crippen LogP contribution in [0.15, 0.2) is 24.3 Å². The number of anilines is 1. The molecule has 2 heterocycles. The molecule has 1 N–H and O–H groups in total. The Balaban J connectivity index is 1.45. The number of ether oxygens (including phenoxy) is 2. The lowest BCUT2D eigenvalue weighted by molar-refractivity contribution is -0.130. The highest BCUT2D eigenvalue weighted by molar-refractivity contribution is 5.84. The third-order valence-corrected chi connectivity index (χ3v) is 4.85. The van der Waals surface area contributed by atoms with Crippen LogP contribution in [0.1, 0.15) is 32.6 Å². The van der Waals surface area contributed by atoms with Gasteiger partial charge in [-0.1, -0.05) is 0 Å². The number of carbonyl (C=O) groups is 1. The van der Waals surface area contributed by atoms with E-state index in [9.17, 15) is 4.79 Å². The zero-order valence-corrected chi connectivity index (χ0v) is 14.5. The average molecular weight is 332 g/mol. The van der Waals surface area contributed by atoms with Crippen LogP contribution in [0.3, 0.4) is 0 Å². The van der Waals surface area contributed by atoms with Crippen LogP contribution >= 0.6 is 0 Å². The molecule has 1 atom stereocenters. The molecule has 1 aromatic rings. The molecule has 2 fully saturated rings. The Morgan fingerprint density at radius 2 is 1.92 bits per heavy atom. The van der Waals surface area contributed by atoms with Gasteiger partial charge < -0.3 is 19.7 Å². The van der Waals surface area contributed by atoms with Gasteiger partial charge in [0.15, 0.2) is 0 Å². The first kappa shape index (κ1) is 17.1. The largest absolute Gasteiger partial charge is 0.493 e. The van der Waals surface area contributed by atoms with Gasteiger partial charge in [-0.15, -0.1) is 0 Å². The van der Waals surface area contributed by atoms with E-state index < -0.39 is 0 Å². The molecule has 0 spiro atoms. The van der Waals surface area contributed by atoms with Gasteiger partial charge in [0.1, 0.15) is 11.8 Å². The van der Waals surface area contributed by atoms with Crippen LogP contribution in [-0.2, 0) is 9.53 Å². The first-order valence-corrected chi connectivity index (χ1v) is 9.08. The minimum atomic E-state index is -0.197. The van der Waals surface area contributed by atoms with Gasteiger partial charge in [0.2, 0.25) is 5.91 Å². The summed E-state index contributed by atoms with van der Waals surface area (Å²) in [6.45, 7) is 6.16. The van der Waals surface area contributed by atoms with Crippen molar-refractivity contribution in [2.75, 3.05) is 38.2 Å². The van der Waals surface area contributed by atoms with E-state index in [1.54, 1.807) is 0 Å². The molecule has 3 rings (SSSR count). The van der Waals surface area contributed by atoms with Gasteiger partial charge in [-0.3, -0.25) is 4.79 Å². The Labute approximate surface area is 144 Å². The predicted molar refractivity (Wildman–Crippen MR) is 94.4 cm³/mol. The average Bonchev–Trinajstić information content (AvgIpc) is 3.16. The second-order valence-corrected chi connectivity index (χ2v) is 6.79. The second-order valence-electron chi connectivity index (χ2n) is 6.79. The summed E-state index contributed by atoms with van der Waals surface area (Å²) in [7, 11) is 0. The van der Waals surface area contributed by atoms with Crippen LogP contribution in [0.4, 0.5) is 5.69 Å². The summed E-state index contributed by atoms with van der Waals surface area (Å²) >= 11 is 0. The molecule has 132 valence electrons. The summed E-state index contributed by atoms with van der Waals surface area (Å²) in [5.41, 5.74) is 0.952. The lowest BCUT2D eigenvalue weighted by atomic mass is 10.0. The monoisotopic (exact) mass is 332 g/mol. The lowest BCUT2D eigenvalue weighted by Crippen LogP contribution is -2.39. The van der Waals surface area contributed by atoms with Crippen LogP contribution in [-0.4, -0.2) is 49.8 Å². The molecule has 0 aliphatic carbocycles. The van der Waals surface area contributed by atoms with Gasteiger partial charge in [-0.05, 0) is 62.8 Å². The van der Waals surface area contributed by atoms with Gasteiger partial charge >= 0.3 is 0 Å². The summed E-state index contributed by atoms with van der Waals surface area (Å²) in [5.74, 6) is 1.66. The van der Waals surface area contributed by atoms with Crippen molar-refractivity contribution in [2.45, 2.75) is 38.6 Å². The number of carbonyl (C=O) groups excluding carboxylic acids is 1. The van der Waals surface area contributed by atoms with Gasteiger partial charge in [0.05, 0.1) is 6.61 Å². The Kier molecular flexibility index (Phi) is 5.96. The first-order valence-electron chi connectivity index (χ1n) is 9.08. The molecule has 1 aromatic carbocycles. The van der Waals surface area contributed by atoms with Gasteiger partial charge in [-0.2, -0.15) is 0 Å². The van der Waals surface area contributed by atoms with Crippen molar-refractivity contribution < 1.29 is 14.3 Å². The highest BCUT2D eigenvalue weighted by Gasteiger charge is 2.23.